The van der Waals surface area contributed by atoms with Crippen molar-refractivity contribution in [1.29, 1.82) is 0 Å². The lowest BCUT2D eigenvalue weighted by molar-refractivity contribution is -0.118. The van der Waals surface area contributed by atoms with Gasteiger partial charge in [-0.2, -0.15) is 0 Å². The summed E-state index contributed by atoms with van der Waals surface area (Å²) in [5.41, 5.74) is 0.453. The van der Waals surface area contributed by atoms with Crippen molar-refractivity contribution in [3.63, 3.8) is 0 Å². The molecule has 0 saturated carbocycles. The molecule has 0 aliphatic carbocycles. The molecule has 1 aliphatic rings. The van der Waals surface area contributed by atoms with E-state index >= 15 is 0 Å². The Hall–Kier alpha value is -0.370. The number of Topliss-reactive ketones (excluding diaryl/α,β-unsaturated/α-hetero) is 1. The summed E-state index contributed by atoms with van der Waals surface area (Å²) in [5.74, 6) is 1.28. The summed E-state index contributed by atoms with van der Waals surface area (Å²) in [7, 11) is 0. The van der Waals surface area contributed by atoms with Crippen molar-refractivity contribution in [2.24, 2.45) is 11.3 Å². The standard InChI is InChI=1S/C16H31NO/c1-5-15(18)9-7-12-17-11-6-8-14(10-13-17)16(2,3)4/h14H,5-13H2,1-4H3. The van der Waals surface area contributed by atoms with Gasteiger partial charge in [0.05, 0.1) is 0 Å². The molecule has 1 atom stereocenters. The predicted octanol–water partition coefficient (Wildman–Crippen LogP) is 3.89. The summed E-state index contributed by atoms with van der Waals surface area (Å²) in [5, 5.41) is 0. The first kappa shape index (κ1) is 15.7. The van der Waals surface area contributed by atoms with Crippen LogP contribution in [0.1, 0.15) is 66.2 Å². The van der Waals surface area contributed by atoms with E-state index in [-0.39, 0.29) is 0 Å². The van der Waals surface area contributed by atoms with Gasteiger partial charge >= 0.3 is 0 Å². The monoisotopic (exact) mass is 253 g/mol. The van der Waals surface area contributed by atoms with Gasteiger partial charge in [0.1, 0.15) is 5.78 Å². The number of ketones is 1. The van der Waals surface area contributed by atoms with E-state index in [4.69, 9.17) is 0 Å². The Balaban J connectivity index is 2.27. The highest BCUT2D eigenvalue weighted by Gasteiger charge is 2.26. The fourth-order valence-electron chi connectivity index (χ4n) is 2.92. The van der Waals surface area contributed by atoms with Gasteiger partial charge in [0, 0.05) is 12.8 Å². The molecule has 1 aliphatic heterocycles. The Morgan fingerprint density at radius 3 is 2.56 bits per heavy atom. The molecular formula is C16H31NO. The van der Waals surface area contributed by atoms with E-state index < -0.39 is 0 Å². The van der Waals surface area contributed by atoms with Gasteiger partial charge in [-0.15, -0.1) is 0 Å². The van der Waals surface area contributed by atoms with Crippen LogP contribution in [0.2, 0.25) is 0 Å². The normalized spacial score (nSPS) is 22.8. The Morgan fingerprint density at radius 1 is 1.22 bits per heavy atom. The van der Waals surface area contributed by atoms with Crippen LogP contribution in [0.3, 0.4) is 0 Å². The van der Waals surface area contributed by atoms with Crippen molar-refractivity contribution < 1.29 is 4.79 Å². The number of nitrogens with zero attached hydrogens (tertiary/aromatic N) is 1. The fourth-order valence-corrected chi connectivity index (χ4v) is 2.92. The summed E-state index contributed by atoms with van der Waals surface area (Å²) < 4.78 is 0. The zero-order chi connectivity index (χ0) is 13.6. The molecule has 0 bridgehead atoms. The maximum Gasteiger partial charge on any atom is 0.132 e. The van der Waals surface area contributed by atoms with E-state index in [2.05, 4.69) is 25.7 Å². The molecule has 0 aromatic heterocycles. The maximum atomic E-state index is 11.3. The van der Waals surface area contributed by atoms with Crippen molar-refractivity contribution in [3.05, 3.63) is 0 Å². The molecule has 1 fully saturated rings. The molecule has 106 valence electrons. The molecule has 1 rings (SSSR count). The molecule has 0 aromatic rings. The molecule has 0 spiro atoms. The second kappa shape index (κ2) is 7.28. The van der Waals surface area contributed by atoms with Gasteiger partial charge in [0.2, 0.25) is 0 Å². The Kier molecular flexibility index (Phi) is 6.34. The molecular weight excluding hydrogens is 222 g/mol. The molecule has 1 unspecified atom stereocenters. The lowest BCUT2D eigenvalue weighted by Gasteiger charge is -2.29. The third kappa shape index (κ3) is 5.51. The van der Waals surface area contributed by atoms with Gasteiger partial charge < -0.3 is 4.90 Å². The maximum absolute atomic E-state index is 11.3. The summed E-state index contributed by atoms with van der Waals surface area (Å²) in [6.45, 7) is 12.6. The highest BCUT2D eigenvalue weighted by Crippen LogP contribution is 2.34. The Labute approximate surface area is 113 Å². The largest absolute Gasteiger partial charge is 0.303 e. The first-order valence-electron chi connectivity index (χ1n) is 7.67. The highest BCUT2D eigenvalue weighted by atomic mass is 16.1. The molecule has 18 heavy (non-hydrogen) atoms. The third-order valence-electron chi connectivity index (χ3n) is 4.37. The topological polar surface area (TPSA) is 20.3 Å². The van der Waals surface area contributed by atoms with Crippen LogP contribution in [-0.4, -0.2) is 30.3 Å². The quantitative estimate of drug-likeness (QED) is 0.741. The van der Waals surface area contributed by atoms with Gasteiger partial charge in [-0.1, -0.05) is 27.7 Å². The first-order chi connectivity index (χ1) is 8.43. The van der Waals surface area contributed by atoms with Crippen LogP contribution in [-0.2, 0) is 4.79 Å². The number of carbonyl (C=O) groups excluding carboxylic acids is 1. The van der Waals surface area contributed by atoms with Crippen molar-refractivity contribution in [3.8, 4) is 0 Å². The van der Waals surface area contributed by atoms with Crippen molar-refractivity contribution in [2.75, 3.05) is 19.6 Å². The van der Waals surface area contributed by atoms with E-state index in [1.54, 1.807) is 0 Å². The van der Waals surface area contributed by atoms with E-state index in [0.29, 0.717) is 17.6 Å². The van der Waals surface area contributed by atoms with E-state index in [9.17, 15) is 4.79 Å². The smallest absolute Gasteiger partial charge is 0.132 e. The molecule has 0 aromatic carbocycles. The Morgan fingerprint density at radius 2 is 1.94 bits per heavy atom. The van der Waals surface area contributed by atoms with Crippen LogP contribution in [0, 0.1) is 11.3 Å². The van der Waals surface area contributed by atoms with Gasteiger partial charge in [0.25, 0.3) is 0 Å². The molecule has 2 heteroatoms. The number of hydrogen-bond donors (Lipinski definition) is 0. The molecule has 1 heterocycles. The summed E-state index contributed by atoms with van der Waals surface area (Å²) >= 11 is 0. The van der Waals surface area contributed by atoms with Crippen LogP contribution in [0.5, 0.6) is 0 Å². The van der Waals surface area contributed by atoms with Crippen LogP contribution in [0.25, 0.3) is 0 Å². The lowest BCUT2D eigenvalue weighted by atomic mass is 9.77. The van der Waals surface area contributed by atoms with Crippen molar-refractivity contribution in [2.45, 2.75) is 66.2 Å². The van der Waals surface area contributed by atoms with Crippen LogP contribution in [0.4, 0.5) is 0 Å². The number of carbonyl (C=O) groups is 1. The highest BCUT2D eigenvalue weighted by molar-refractivity contribution is 5.77. The number of rotatable bonds is 5. The zero-order valence-electron chi connectivity index (χ0n) is 12.8. The average Bonchev–Trinajstić information content (AvgIpc) is 2.53. The molecule has 0 N–H and O–H groups in total. The minimum absolute atomic E-state index is 0.414. The lowest BCUT2D eigenvalue weighted by Crippen LogP contribution is -2.27. The molecule has 0 radical (unpaired) electrons. The van der Waals surface area contributed by atoms with Gasteiger partial charge in [0.15, 0.2) is 0 Å². The van der Waals surface area contributed by atoms with Gasteiger partial charge in [-0.3, -0.25) is 4.79 Å². The fraction of sp³-hybridized carbons (Fsp3) is 0.938. The van der Waals surface area contributed by atoms with Crippen molar-refractivity contribution >= 4 is 5.78 Å². The molecule has 2 nitrogen and oxygen atoms in total. The predicted molar refractivity (Wildman–Crippen MR) is 77.8 cm³/mol. The van der Waals surface area contributed by atoms with Crippen molar-refractivity contribution in [1.82, 2.24) is 4.90 Å². The summed E-state index contributed by atoms with van der Waals surface area (Å²) in [4.78, 5) is 13.9. The van der Waals surface area contributed by atoms with Crippen LogP contribution in [0.15, 0.2) is 0 Å². The minimum Gasteiger partial charge on any atom is -0.303 e. The number of hydrogen-bond acceptors (Lipinski definition) is 2. The summed E-state index contributed by atoms with van der Waals surface area (Å²) in [6, 6.07) is 0. The van der Waals surface area contributed by atoms with E-state index in [1.165, 1.54) is 32.4 Å². The molecule has 0 amide bonds. The van der Waals surface area contributed by atoms with E-state index in [1.807, 2.05) is 6.92 Å². The SMILES string of the molecule is CCC(=O)CCCN1CCCC(C(C)(C)C)CC1. The average molecular weight is 253 g/mol. The van der Waals surface area contributed by atoms with Crippen LogP contribution >= 0.6 is 0 Å². The second-order valence-electron chi connectivity index (χ2n) is 6.83. The van der Waals surface area contributed by atoms with Gasteiger partial charge in [-0.05, 0) is 56.7 Å². The van der Waals surface area contributed by atoms with E-state index in [0.717, 1.165) is 25.3 Å². The van der Waals surface area contributed by atoms with Gasteiger partial charge in [-0.25, -0.2) is 0 Å². The molecule has 1 saturated heterocycles. The zero-order valence-corrected chi connectivity index (χ0v) is 12.8. The first-order valence-corrected chi connectivity index (χ1v) is 7.67. The second-order valence-corrected chi connectivity index (χ2v) is 6.83. The third-order valence-corrected chi connectivity index (χ3v) is 4.37. The Bertz CT molecular complexity index is 254. The summed E-state index contributed by atoms with van der Waals surface area (Å²) in [6.07, 6.45) is 6.54. The number of likely N-dealkylation sites (tertiary alicyclic amines) is 1. The van der Waals surface area contributed by atoms with Crippen LogP contribution < -0.4 is 0 Å². The minimum atomic E-state index is 0.414.